The number of aromatic nitrogens is 2. The van der Waals surface area contributed by atoms with Crippen LogP contribution in [-0.4, -0.2) is 52.2 Å². The highest BCUT2D eigenvalue weighted by Gasteiger charge is 2.36. The van der Waals surface area contributed by atoms with Gasteiger partial charge in [0.05, 0.1) is 12.6 Å². The summed E-state index contributed by atoms with van der Waals surface area (Å²) in [5.74, 6) is 1.41. The third-order valence-electron chi connectivity index (χ3n) is 5.80. The van der Waals surface area contributed by atoms with E-state index in [1.807, 2.05) is 25.7 Å². The van der Waals surface area contributed by atoms with Crippen LogP contribution in [-0.2, 0) is 0 Å². The van der Waals surface area contributed by atoms with Crippen molar-refractivity contribution in [3.8, 4) is 11.6 Å². The molecule has 0 bridgehead atoms. The Morgan fingerprint density at radius 1 is 1.28 bits per heavy atom. The van der Waals surface area contributed by atoms with Crippen LogP contribution in [0.4, 0.5) is 15.0 Å². The fourth-order valence-corrected chi connectivity index (χ4v) is 4.28. The zero-order valence-electron chi connectivity index (χ0n) is 18.7. The first-order valence-corrected chi connectivity index (χ1v) is 11.1. The van der Waals surface area contributed by atoms with Crippen LogP contribution in [0.15, 0.2) is 30.6 Å². The maximum Gasteiger partial charge on any atom is 0.317 e. The molecule has 2 aliphatic heterocycles. The SMILES string of the molecule is CCOc1cc(NC2CCN(C(=O)NC3CC(C)(C)Oc4cc(F)ccc43)CC2)ncn1. The maximum atomic E-state index is 13.7. The fraction of sp³-hybridized carbons (Fsp3) is 0.522. The summed E-state index contributed by atoms with van der Waals surface area (Å²) in [4.78, 5) is 23.1. The van der Waals surface area contributed by atoms with E-state index in [1.54, 1.807) is 12.1 Å². The lowest BCUT2D eigenvalue weighted by molar-refractivity contribution is 0.0657. The van der Waals surface area contributed by atoms with E-state index < -0.39 is 5.60 Å². The summed E-state index contributed by atoms with van der Waals surface area (Å²) < 4.78 is 25.0. The average molecular weight is 444 g/mol. The van der Waals surface area contributed by atoms with E-state index in [0.29, 0.717) is 37.7 Å². The van der Waals surface area contributed by atoms with Crippen LogP contribution in [0.1, 0.15) is 51.6 Å². The molecule has 1 aromatic heterocycles. The van der Waals surface area contributed by atoms with Gasteiger partial charge in [-0.2, -0.15) is 0 Å². The van der Waals surface area contributed by atoms with Gasteiger partial charge in [0.15, 0.2) is 0 Å². The third kappa shape index (κ3) is 5.20. The molecule has 2 amide bonds. The summed E-state index contributed by atoms with van der Waals surface area (Å²) in [6.07, 6.45) is 3.71. The summed E-state index contributed by atoms with van der Waals surface area (Å²) in [5.41, 5.74) is 0.317. The number of benzene rings is 1. The van der Waals surface area contributed by atoms with Crippen molar-refractivity contribution >= 4 is 11.8 Å². The molecule has 0 spiro atoms. The van der Waals surface area contributed by atoms with Crippen molar-refractivity contribution in [2.75, 3.05) is 25.0 Å². The number of likely N-dealkylation sites (tertiary alicyclic amines) is 1. The Balaban J connectivity index is 1.34. The zero-order chi connectivity index (χ0) is 22.7. The molecule has 32 heavy (non-hydrogen) atoms. The number of hydrogen-bond acceptors (Lipinski definition) is 6. The Kier molecular flexibility index (Phi) is 6.34. The van der Waals surface area contributed by atoms with Gasteiger partial charge in [-0.15, -0.1) is 0 Å². The van der Waals surface area contributed by atoms with Crippen molar-refractivity contribution in [1.82, 2.24) is 20.2 Å². The van der Waals surface area contributed by atoms with Gasteiger partial charge >= 0.3 is 6.03 Å². The zero-order valence-corrected chi connectivity index (χ0v) is 18.7. The molecule has 1 aromatic carbocycles. The van der Waals surface area contributed by atoms with Gasteiger partial charge in [0.2, 0.25) is 5.88 Å². The van der Waals surface area contributed by atoms with Gasteiger partial charge in [-0.1, -0.05) is 6.07 Å². The molecule has 4 rings (SSSR count). The lowest BCUT2D eigenvalue weighted by Gasteiger charge is -2.39. The summed E-state index contributed by atoms with van der Waals surface area (Å²) in [6.45, 7) is 7.62. The number of amides is 2. The highest BCUT2D eigenvalue weighted by molar-refractivity contribution is 5.75. The molecule has 8 nitrogen and oxygen atoms in total. The number of carbonyl (C=O) groups is 1. The number of halogens is 1. The van der Waals surface area contributed by atoms with Crippen molar-refractivity contribution in [2.24, 2.45) is 0 Å². The van der Waals surface area contributed by atoms with Gasteiger partial charge in [0.25, 0.3) is 0 Å². The topological polar surface area (TPSA) is 88.6 Å². The number of nitrogens with one attached hydrogen (secondary N) is 2. The summed E-state index contributed by atoms with van der Waals surface area (Å²) in [6, 6.07) is 6.15. The smallest absolute Gasteiger partial charge is 0.317 e. The van der Waals surface area contributed by atoms with Crippen LogP contribution in [0, 0.1) is 5.82 Å². The molecule has 2 aromatic rings. The first kappa shape index (κ1) is 22.1. The molecule has 2 aliphatic rings. The molecule has 1 fully saturated rings. The highest BCUT2D eigenvalue weighted by Crippen LogP contribution is 2.39. The number of hydrogen-bond donors (Lipinski definition) is 2. The molecule has 1 unspecified atom stereocenters. The number of carbonyl (C=O) groups excluding carboxylic acids is 1. The second-order valence-electron chi connectivity index (χ2n) is 8.83. The van der Waals surface area contributed by atoms with E-state index in [0.717, 1.165) is 24.2 Å². The first-order valence-electron chi connectivity index (χ1n) is 11.1. The van der Waals surface area contributed by atoms with Gasteiger partial charge in [-0.05, 0) is 39.7 Å². The molecule has 0 aliphatic carbocycles. The number of anilines is 1. The molecule has 3 heterocycles. The summed E-state index contributed by atoms with van der Waals surface area (Å²) >= 11 is 0. The molecule has 1 atom stereocenters. The first-order chi connectivity index (χ1) is 15.3. The minimum Gasteiger partial charge on any atom is -0.487 e. The second kappa shape index (κ2) is 9.18. The molecule has 0 radical (unpaired) electrons. The largest absolute Gasteiger partial charge is 0.487 e. The lowest BCUT2D eigenvalue weighted by Crippen LogP contribution is -2.49. The third-order valence-corrected chi connectivity index (χ3v) is 5.80. The molecular weight excluding hydrogens is 413 g/mol. The highest BCUT2D eigenvalue weighted by atomic mass is 19.1. The fourth-order valence-electron chi connectivity index (χ4n) is 4.28. The number of urea groups is 1. The summed E-state index contributed by atoms with van der Waals surface area (Å²) in [7, 11) is 0. The van der Waals surface area contributed by atoms with E-state index in [-0.39, 0.29) is 23.9 Å². The maximum absolute atomic E-state index is 13.7. The van der Waals surface area contributed by atoms with Crippen LogP contribution < -0.4 is 20.1 Å². The van der Waals surface area contributed by atoms with E-state index in [9.17, 15) is 9.18 Å². The predicted molar refractivity (Wildman–Crippen MR) is 118 cm³/mol. The molecular formula is C23H30FN5O3. The summed E-state index contributed by atoms with van der Waals surface area (Å²) in [5, 5.41) is 6.54. The van der Waals surface area contributed by atoms with Crippen molar-refractivity contribution < 1.29 is 18.7 Å². The van der Waals surface area contributed by atoms with Crippen LogP contribution in [0.3, 0.4) is 0 Å². The minimum atomic E-state index is -0.493. The molecule has 9 heteroatoms. The van der Waals surface area contributed by atoms with Gasteiger partial charge in [0.1, 0.15) is 29.3 Å². The number of nitrogens with zero attached hydrogens (tertiary/aromatic N) is 3. The normalized spacial score (nSPS) is 20.1. The molecule has 1 saturated heterocycles. The van der Waals surface area contributed by atoms with Crippen molar-refractivity contribution in [2.45, 2.75) is 57.7 Å². The van der Waals surface area contributed by atoms with E-state index in [2.05, 4.69) is 20.6 Å². The Morgan fingerprint density at radius 2 is 2.06 bits per heavy atom. The Morgan fingerprint density at radius 3 is 2.81 bits per heavy atom. The Hall–Kier alpha value is -3.10. The number of ether oxygens (including phenoxy) is 2. The van der Waals surface area contributed by atoms with Crippen LogP contribution in [0.5, 0.6) is 11.6 Å². The standard InChI is InChI=1S/C23H30FN5O3/c1-4-31-21-12-20(25-14-26-21)27-16-7-9-29(10-8-16)22(30)28-18-13-23(2,3)32-19-11-15(24)5-6-17(18)19/h5-6,11-12,14,16,18H,4,7-10,13H2,1-3H3,(H,28,30)(H,25,26,27). The Labute approximate surface area is 187 Å². The lowest BCUT2D eigenvalue weighted by atomic mass is 9.89. The molecule has 2 N–H and O–H groups in total. The number of fused-ring (bicyclic) bond motifs is 1. The van der Waals surface area contributed by atoms with Gasteiger partial charge in [-0.3, -0.25) is 0 Å². The molecule has 0 saturated carbocycles. The molecule has 172 valence electrons. The van der Waals surface area contributed by atoms with Crippen LogP contribution in [0.2, 0.25) is 0 Å². The van der Waals surface area contributed by atoms with Crippen LogP contribution in [0.25, 0.3) is 0 Å². The van der Waals surface area contributed by atoms with Crippen molar-refractivity contribution in [1.29, 1.82) is 0 Å². The van der Waals surface area contributed by atoms with Gasteiger partial charge < -0.3 is 25.0 Å². The van der Waals surface area contributed by atoms with Gasteiger partial charge in [0, 0.05) is 43.2 Å². The van der Waals surface area contributed by atoms with E-state index >= 15 is 0 Å². The van der Waals surface area contributed by atoms with Gasteiger partial charge in [-0.25, -0.2) is 19.2 Å². The number of rotatable bonds is 5. The minimum absolute atomic E-state index is 0.109. The van der Waals surface area contributed by atoms with E-state index in [4.69, 9.17) is 9.47 Å². The van der Waals surface area contributed by atoms with Crippen LogP contribution >= 0.6 is 0 Å². The van der Waals surface area contributed by atoms with E-state index in [1.165, 1.54) is 18.5 Å². The Bertz CT molecular complexity index is 962. The average Bonchev–Trinajstić information content (AvgIpc) is 2.73. The van der Waals surface area contributed by atoms with Crippen molar-refractivity contribution in [3.05, 3.63) is 42.0 Å². The monoisotopic (exact) mass is 443 g/mol. The second-order valence-corrected chi connectivity index (χ2v) is 8.83. The van der Waals surface area contributed by atoms with Crippen molar-refractivity contribution in [3.63, 3.8) is 0 Å². The number of piperidine rings is 1. The predicted octanol–water partition coefficient (Wildman–Crippen LogP) is 3.90. The quantitative estimate of drug-likeness (QED) is 0.729.